The Bertz CT molecular complexity index is 472. The van der Waals surface area contributed by atoms with Crippen molar-refractivity contribution < 1.29 is 10.2 Å². The summed E-state index contributed by atoms with van der Waals surface area (Å²) in [5, 5.41) is 33.6. The molecule has 19 heavy (non-hydrogen) atoms. The van der Waals surface area contributed by atoms with Crippen molar-refractivity contribution in [2.24, 2.45) is 0 Å². The van der Waals surface area contributed by atoms with Crippen LogP contribution in [0.25, 0.3) is 0 Å². The molecule has 2 heterocycles. The first-order valence-electron chi connectivity index (χ1n) is 6.20. The van der Waals surface area contributed by atoms with Gasteiger partial charge in [-0.2, -0.15) is 11.3 Å². The van der Waals surface area contributed by atoms with E-state index in [0.29, 0.717) is 26.1 Å². The van der Waals surface area contributed by atoms with Crippen LogP contribution < -0.4 is 5.32 Å². The second-order valence-electron chi connectivity index (χ2n) is 4.25. The van der Waals surface area contributed by atoms with Gasteiger partial charge in [-0.05, 0) is 28.8 Å². The average molecular weight is 282 g/mol. The van der Waals surface area contributed by atoms with Crippen molar-refractivity contribution in [3.05, 3.63) is 34.3 Å². The summed E-state index contributed by atoms with van der Waals surface area (Å²) in [6.45, 7) is 1.88. The highest BCUT2D eigenvalue weighted by atomic mass is 32.1. The summed E-state index contributed by atoms with van der Waals surface area (Å²) < 4.78 is 1.71. The lowest BCUT2D eigenvalue weighted by atomic mass is 10.2. The molecule has 0 aliphatic rings. The van der Waals surface area contributed by atoms with Crippen molar-refractivity contribution in [3.8, 4) is 0 Å². The Morgan fingerprint density at radius 2 is 2.37 bits per heavy atom. The largest absolute Gasteiger partial charge is 0.396 e. The molecule has 0 saturated heterocycles. The number of hydrogen-bond donors (Lipinski definition) is 3. The lowest BCUT2D eigenvalue weighted by molar-refractivity contribution is 0.174. The molecule has 0 spiro atoms. The molecule has 6 nitrogen and oxygen atoms in total. The van der Waals surface area contributed by atoms with E-state index in [1.54, 1.807) is 16.0 Å². The standard InChI is InChI=1S/C12H18N4O2S/c17-4-1-3-16-8-11(14-15-16)6-13-7-12(18)10-2-5-19-9-10/h2,5,8-9,12-13,17-18H,1,3-4,6-7H2. The number of nitrogens with zero attached hydrogens (tertiary/aromatic N) is 3. The lowest BCUT2D eigenvalue weighted by Crippen LogP contribution is -2.20. The minimum atomic E-state index is -0.490. The molecule has 1 atom stereocenters. The summed E-state index contributed by atoms with van der Waals surface area (Å²) >= 11 is 1.57. The first kappa shape index (κ1) is 14.1. The van der Waals surface area contributed by atoms with Crippen LogP contribution in [0.3, 0.4) is 0 Å². The van der Waals surface area contributed by atoms with Crippen LogP contribution >= 0.6 is 11.3 Å². The molecule has 3 N–H and O–H groups in total. The number of aryl methyl sites for hydroxylation is 1. The van der Waals surface area contributed by atoms with E-state index in [9.17, 15) is 5.11 Å². The second-order valence-corrected chi connectivity index (χ2v) is 5.03. The van der Waals surface area contributed by atoms with Gasteiger partial charge in [0.15, 0.2) is 0 Å². The van der Waals surface area contributed by atoms with Gasteiger partial charge in [0.2, 0.25) is 0 Å². The molecule has 7 heteroatoms. The SMILES string of the molecule is OCCCn1cc(CNCC(O)c2ccsc2)nn1. The number of rotatable bonds is 8. The number of aliphatic hydroxyl groups is 2. The van der Waals surface area contributed by atoms with Gasteiger partial charge in [-0.1, -0.05) is 5.21 Å². The summed E-state index contributed by atoms with van der Waals surface area (Å²) in [6, 6.07) is 1.92. The zero-order valence-electron chi connectivity index (χ0n) is 10.6. The van der Waals surface area contributed by atoms with Gasteiger partial charge in [0.1, 0.15) is 0 Å². The van der Waals surface area contributed by atoms with Crippen molar-refractivity contribution >= 4 is 11.3 Å². The van der Waals surface area contributed by atoms with Crippen LogP contribution in [0, 0.1) is 0 Å². The first-order valence-corrected chi connectivity index (χ1v) is 7.14. The monoisotopic (exact) mass is 282 g/mol. The van der Waals surface area contributed by atoms with E-state index in [0.717, 1.165) is 11.3 Å². The van der Waals surface area contributed by atoms with Crippen LogP contribution in [0.2, 0.25) is 0 Å². The van der Waals surface area contributed by atoms with Gasteiger partial charge in [0.05, 0.1) is 11.8 Å². The summed E-state index contributed by atoms with van der Waals surface area (Å²) in [4.78, 5) is 0. The Hall–Kier alpha value is -1.28. The highest BCUT2D eigenvalue weighted by molar-refractivity contribution is 7.07. The van der Waals surface area contributed by atoms with Crippen molar-refractivity contribution in [2.75, 3.05) is 13.2 Å². The van der Waals surface area contributed by atoms with Crippen LogP contribution in [-0.4, -0.2) is 38.4 Å². The molecular weight excluding hydrogens is 264 g/mol. The fraction of sp³-hybridized carbons (Fsp3) is 0.500. The Labute approximate surface area is 115 Å². The quantitative estimate of drug-likeness (QED) is 0.658. The molecular formula is C12H18N4O2S. The average Bonchev–Trinajstić information content (AvgIpc) is 3.07. The zero-order chi connectivity index (χ0) is 13.5. The number of thiophene rings is 1. The maximum absolute atomic E-state index is 9.88. The molecule has 0 fully saturated rings. The smallest absolute Gasteiger partial charge is 0.0964 e. The lowest BCUT2D eigenvalue weighted by Gasteiger charge is -2.08. The molecule has 0 saturated carbocycles. The fourth-order valence-corrected chi connectivity index (χ4v) is 2.39. The number of hydrogen-bond acceptors (Lipinski definition) is 6. The molecule has 0 bridgehead atoms. The Morgan fingerprint density at radius 3 is 3.11 bits per heavy atom. The van der Waals surface area contributed by atoms with E-state index in [1.807, 2.05) is 23.0 Å². The number of nitrogens with one attached hydrogen (secondary N) is 1. The van der Waals surface area contributed by atoms with E-state index < -0.39 is 6.10 Å². The van der Waals surface area contributed by atoms with Gasteiger partial charge in [0, 0.05) is 32.4 Å². The Kier molecular flexibility index (Phi) is 5.46. The summed E-state index contributed by atoms with van der Waals surface area (Å²) in [5.74, 6) is 0. The summed E-state index contributed by atoms with van der Waals surface area (Å²) in [6.07, 6.45) is 2.03. The van der Waals surface area contributed by atoms with E-state index in [2.05, 4.69) is 15.6 Å². The first-order chi connectivity index (χ1) is 9.29. The summed E-state index contributed by atoms with van der Waals surface area (Å²) in [5.41, 5.74) is 1.76. The van der Waals surface area contributed by atoms with Crippen LogP contribution in [0.15, 0.2) is 23.0 Å². The number of aromatic nitrogens is 3. The predicted octanol–water partition coefficient (Wildman–Crippen LogP) is 0.545. The van der Waals surface area contributed by atoms with E-state index in [4.69, 9.17) is 5.11 Å². The predicted molar refractivity (Wildman–Crippen MR) is 72.7 cm³/mol. The second kappa shape index (κ2) is 7.34. The molecule has 0 aliphatic carbocycles. The van der Waals surface area contributed by atoms with E-state index in [1.165, 1.54) is 0 Å². The topological polar surface area (TPSA) is 83.2 Å². The third kappa shape index (κ3) is 4.39. The minimum Gasteiger partial charge on any atom is -0.396 e. The molecule has 0 aliphatic heterocycles. The third-order valence-corrected chi connectivity index (χ3v) is 3.40. The minimum absolute atomic E-state index is 0.153. The van der Waals surface area contributed by atoms with Crippen molar-refractivity contribution in [1.29, 1.82) is 0 Å². The van der Waals surface area contributed by atoms with E-state index >= 15 is 0 Å². The highest BCUT2D eigenvalue weighted by Gasteiger charge is 2.07. The van der Waals surface area contributed by atoms with Crippen LogP contribution in [-0.2, 0) is 13.1 Å². The molecule has 2 aromatic heterocycles. The number of aliphatic hydroxyl groups excluding tert-OH is 2. The van der Waals surface area contributed by atoms with Crippen molar-refractivity contribution in [2.45, 2.75) is 25.6 Å². The zero-order valence-corrected chi connectivity index (χ0v) is 11.4. The molecule has 2 rings (SSSR count). The van der Waals surface area contributed by atoms with Gasteiger partial charge in [-0.15, -0.1) is 5.10 Å². The molecule has 0 aromatic carbocycles. The van der Waals surface area contributed by atoms with Gasteiger partial charge in [-0.25, -0.2) is 0 Å². The van der Waals surface area contributed by atoms with Crippen LogP contribution in [0.4, 0.5) is 0 Å². The summed E-state index contributed by atoms with van der Waals surface area (Å²) in [7, 11) is 0. The van der Waals surface area contributed by atoms with E-state index in [-0.39, 0.29) is 6.61 Å². The molecule has 0 radical (unpaired) electrons. The molecule has 2 aromatic rings. The molecule has 104 valence electrons. The normalized spacial score (nSPS) is 12.7. The Balaban J connectivity index is 1.72. The maximum Gasteiger partial charge on any atom is 0.0964 e. The van der Waals surface area contributed by atoms with Crippen molar-refractivity contribution in [3.63, 3.8) is 0 Å². The molecule has 0 amide bonds. The highest BCUT2D eigenvalue weighted by Crippen LogP contribution is 2.15. The molecule has 1 unspecified atom stereocenters. The van der Waals surface area contributed by atoms with Gasteiger partial charge in [0.25, 0.3) is 0 Å². The van der Waals surface area contributed by atoms with Gasteiger partial charge >= 0.3 is 0 Å². The van der Waals surface area contributed by atoms with Crippen LogP contribution in [0.5, 0.6) is 0 Å². The Morgan fingerprint density at radius 1 is 1.47 bits per heavy atom. The van der Waals surface area contributed by atoms with Gasteiger partial charge < -0.3 is 15.5 Å². The van der Waals surface area contributed by atoms with Gasteiger partial charge in [-0.3, -0.25) is 4.68 Å². The fourth-order valence-electron chi connectivity index (χ4n) is 1.68. The van der Waals surface area contributed by atoms with Crippen molar-refractivity contribution in [1.82, 2.24) is 20.3 Å². The third-order valence-electron chi connectivity index (χ3n) is 2.70. The van der Waals surface area contributed by atoms with Crippen LogP contribution in [0.1, 0.15) is 23.8 Å². The maximum atomic E-state index is 9.88.